The van der Waals surface area contributed by atoms with Gasteiger partial charge in [-0.05, 0) is 30.2 Å². The third-order valence-corrected chi connectivity index (χ3v) is 6.30. The predicted molar refractivity (Wildman–Crippen MR) is 141 cm³/mol. The molecule has 0 aliphatic carbocycles. The van der Waals surface area contributed by atoms with Crippen LogP contribution in [0.5, 0.6) is 5.75 Å². The van der Waals surface area contributed by atoms with Crippen molar-refractivity contribution in [3.05, 3.63) is 118 Å². The molecule has 0 bridgehead atoms. The van der Waals surface area contributed by atoms with Crippen LogP contribution in [0.25, 0.3) is 5.69 Å². The zero-order valence-electron chi connectivity index (χ0n) is 21.1. The first-order chi connectivity index (χ1) is 18.7. The van der Waals surface area contributed by atoms with Gasteiger partial charge < -0.3 is 9.84 Å². The van der Waals surface area contributed by atoms with E-state index in [0.717, 1.165) is 24.0 Å². The van der Waals surface area contributed by atoms with Crippen LogP contribution < -0.4 is 10.4 Å². The van der Waals surface area contributed by atoms with E-state index in [1.54, 1.807) is 16.7 Å². The van der Waals surface area contributed by atoms with Crippen LogP contribution in [0.1, 0.15) is 54.2 Å². The Morgan fingerprint density at radius 1 is 1.00 bits per heavy atom. The Hall–Kier alpha value is -4.57. The molecule has 1 atom stereocenters. The van der Waals surface area contributed by atoms with Crippen molar-refractivity contribution in [3.8, 4) is 11.4 Å². The summed E-state index contributed by atoms with van der Waals surface area (Å²) in [6.07, 6.45) is 2.07. The monoisotopic (exact) mass is 511 g/mol. The van der Waals surface area contributed by atoms with E-state index in [0.29, 0.717) is 41.6 Å². The molecule has 0 radical (unpaired) electrons. The standard InChI is InChI=1S/C28H29N7O3/c1-2-3-13-25-31-35(24-12-8-7-11-22(24)19-36)28(37)34(25)18-20-14-16-23(17-15-20)38-26(27-29-32-33-30-27)21-9-5-4-6-10-21/h4-12,14-17,26,36H,2-3,13,18-19H2,1H3,(H,29,30,32,33). The quantitative estimate of drug-likeness (QED) is 0.278. The smallest absolute Gasteiger partial charge is 0.351 e. The van der Waals surface area contributed by atoms with Crippen LogP contribution in [0.4, 0.5) is 0 Å². The zero-order valence-corrected chi connectivity index (χ0v) is 21.1. The molecule has 0 fully saturated rings. The Morgan fingerprint density at radius 2 is 1.76 bits per heavy atom. The number of hydrogen-bond donors (Lipinski definition) is 2. The van der Waals surface area contributed by atoms with Gasteiger partial charge in [0, 0.05) is 17.5 Å². The summed E-state index contributed by atoms with van der Waals surface area (Å²) in [4.78, 5) is 13.5. The normalized spacial score (nSPS) is 11.9. The summed E-state index contributed by atoms with van der Waals surface area (Å²) in [5.41, 5.74) is 2.84. The SMILES string of the molecule is CCCCc1nn(-c2ccccc2CO)c(=O)n1Cc1ccc(OC(c2ccccc2)c2nn[nH]n2)cc1. The van der Waals surface area contributed by atoms with Crippen molar-refractivity contribution < 1.29 is 9.84 Å². The van der Waals surface area contributed by atoms with Crippen molar-refractivity contribution in [2.75, 3.05) is 0 Å². The molecule has 5 aromatic rings. The molecule has 10 heteroatoms. The van der Waals surface area contributed by atoms with Crippen molar-refractivity contribution in [1.82, 2.24) is 35.0 Å². The summed E-state index contributed by atoms with van der Waals surface area (Å²) < 4.78 is 9.34. The molecule has 38 heavy (non-hydrogen) atoms. The van der Waals surface area contributed by atoms with E-state index in [4.69, 9.17) is 4.74 Å². The van der Waals surface area contributed by atoms with Gasteiger partial charge >= 0.3 is 5.69 Å². The average Bonchev–Trinajstić information content (AvgIpc) is 3.60. The highest BCUT2D eigenvalue weighted by molar-refractivity contribution is 5.39. The number of benzene rings is 3. The topological polar surface area (TPSA) is 124 Å². The highest BCUT2D eigenvalue weighted by atomic mass is 16.5. The lowest BCUT2D eigenvalue weighted by Crippen LogP contribution is -2.25. The van der Waals surface area contributed by atoms with Crippen molar-refractivity contribution in [1.29, 1.82) is 0 Å². The molecule has 5 rings (SSSR count). The van der Waals surface area contributed by atoms with Crippen molar-refractivity contribution in [2.24, 2.45) is 0 Å². The van der Waals surface area contributed by atoms with Gasteiger partial charge in [-0.2, -0.15) is 9.90 Å². The van der Waals surface area contributed by atoms with Crippen molar-refractivity contribution in [2.45, 2.75) is 45.4 Å². The summed E-state index contributed by atoms with van der Waals surface area (Å²) >= 11 is 0. The molecule has 2 heterocycles. The number of tetrazole rings is 1. The first-order valence-corrected chi connectivity index (χ1v) is 12.6. The Kier molecular flexibility index (Phi) is 7.70. The summed E-state index contributed by atoms with van der Waals surface area (Å²) in [6.45, 7) is 2.30. The maximum atomic E-state index is 13.5. The molecular formula is C28H29N7O3. The maximum absolute atomic E-state index is 13.5. The lowest BCUT2D eigenvalue weighted by Gasteiger charge is -2.16. The number of aliphatic hydroxyl groups excluding tert-OH is 1. The largest absolute Gasteiger partial charge is 0.478 e. The van der Waals surface area contributed by atoms with Crippen LogP contribution >= 0.6 is 0 Å². The van der Waals surface area contributed by atoms with Crippen molar-refractivity contribution >= 4 is 0 Å². The number of hydrogen-bond acceptors (Lipinski definition) is 7. The fraction of sp³-hybridized carbons (Fsp3) is 0.250. The van der Waals surface area contributed by atoms with Crippen LogP contribution in [-0.4, -0.2) is 40.1 Å². The molecule has 194 valence electrons. The number of aromatic amines is 1. The van der Waals surface area contributed by atoms with Gasteiger partial charge in [0.05, 0.1) is 18.8 Å². The second-order valence-electron chi connectivity index (χ2n) is 8.91. The van der Waals surface area contributed by atoms with Gasteiger partial charge in [-0.25, -0.2) is 4.79 Å². The molecule has 0 aliphatic heterocycles. The zero-order chi connectivity index (χ0) is 26.3. The fourth-order valence-electron chi connectivity index (χ4n) is 4.29. The second-order valence-corrected chi connectivity index (χ2v) is 8.91. The van der Waals surface area contributed by atoms with E-state index in [1.165, 1.54) is 4.68 Å². The molecule has 2 aromatic heterocycles. The van der Waals surface area contributed by atoms with Crippen LogP contribution in [0.15, 0.2) is 83.7 Å². The van der Waals surface area contributed by atoms with Gasteiger partial charge in [-0.15, -0.1) is 15.3 Å². The molecular weight excluding hydrogens is 482 g/mol. The Morgan fingerprint density at radius 3 is 2.47 bits per heavy atom. The number of nitrogens with one attached hydrogen (secondary N) is 1. The highest BCUT2D eigenvalue weighted by Crippen LogP contribution is 2.26. The lowest BCUT2D eigenvalue weighted by atomic mass is 10.1. The molecule has 3 aromatic carbocycles. The van der Waals surface area contributed by atoms with Gasteiger partial charge in [-0.3, -0.25) is 4.57 Å². The first-order valence-electron chi connectivity index (χ1n) is 12.6. The molecule has 0 aliphatic rings. The third-order valence-electron chi connectivity index (χ3n) is 6.30. The van der Waals surface area contributed by atoms with Crippen molar-refractivity contribution in [3.63, 3.8) is 0 Å². The van der Waals surface area contributed by atoms with Gasteiger partial charge in [0.25, 0.3) is 0 Å². The number of aliphatic hydroxyl groups is 1. The number of aromatic nitrogens is 7. The van der Waals surface area contributed by atoms with Gasteiger partial charge in [0.1, 0.15) is 11.6 Å². The number of H-pyrrole nitrogens is 1. The Balaban J connectivity index is 1.41. The second kappa shape index (κ2) is 11.7. The molecule has 0 amide bonds. The summed E-state index contributed by atoms with van der Waals surface area (Å²) in [5, 5.41) is 28.8. The van der Waals surface area contributed by atoms with Gasteiger partial charge in [0.2, 0.25) is 5.82 Å². The third kappa shape index (κ3) is 5.40. The Labute approximate surface area is 219 Å². The van der Waals surface area contributed by atoms with E-state index in [2.05, 4.69) is 32.6 Å². The van der Waals surface area contributed by atoms with E-state index in [1.807, 2.05) is 66.7 Å². The molecule has 0 spiro atoms. The molecule has 0 saturated carbocycles. The minimum atomic E-state index is -0.520. The summed E-state index contributed by atoms with van der Waals surface area (Å²) in [7, 11) is 0. The molecule has 0 saturated heterocycles. The number of nitrogens with zero attached hydrogens (tertiary/aromatic N) is 6. The van der Waals surface area contributed by atoms with Gasteiger partial charge in [0.15, 0.2) is 6.10 Å². The average molecular weight is 512 g/mol. The highest BCUT2D eigenvalue weighted by Gasteiger charge is 2.21. The number of unbranched alkanes of at least 4 members (excludes halogenated alkanes) is 1. The van der Waals surface area contributed by atoms with Crippen LogP contribution in [0.2, 0.25) is 0 Å². The minimum Gasteiger partial charge on any atom is -0.478 e. The Bertz CT molecular complexity index is 1510. The number of para-hydroxylation sites is 1. The number of rotatable bonds is 11. The minimum absolute atomic E-state index is 0.172. The fourth-order valence-corrected chi connectivity index (χ4v) is 4.29. The summed E-state index contributed by atoms with van der Waals surface area (Å²) in [6, 6.07) is 24.6. The molecule has 10 nitrogen and oxygen atoms in total. The summed E-state index contributed by atoms with van der Waals surface area (Å²) in [5.74, 6) is 1.78. The number of aryl methyl sites for hydroxylation is 1. The van der Waals surface area contributed by atoms with E-state index in [-0.39, 0.29) is 12.3 Å². The van der Waals surface area contributed by atoms with Crippen LogP contribution in [-0.2, 0) is 19.6 Å². The maximum Gasteiger partial charge on any atom is 0.351 e. The van der Waals surface area contributed by atoms with Crippen LogP contribution in [0, 0.1) is 0 Å². The molecule has 1 unspecified atom stereocenters. The lowest BCUT2D eigenvalue weighted by molar-refractivity contribution is 0.237. The molecule has 2 N–H and O–H groups in total. The number of ether oxygens (including phenoxy) is 1. The first kappa shape index (κ1) is 25.1. The van der Waals surface area contributed by atoms with Gasteiger partial charge in [-0.1, -0.05) is 79.2 Å². The van der Waals surface area contributed by atoms with E-state index >= 15 is 0 Å². The van der Waals surface area contributed by atoms with Crippen LogP contribution in [0.3, 0.4) is 0 Å². The predicted octanol–water partition coefficient (Wildman–Crippen LogP) is 3.60. The van der Waals surface area contributed by atoms with E-state index < -0.39 is 6.10 Å². The van der Waals surface area contributed by atoms with E-state index in [9.17, 15) is 9.90 Å².